The molecule has 1 fully saturated rings. The molecular formula is C33H33F3N6O2. The van der Waals surface area contributed by atoms with Crippen molar-refractivity contribution in [1.82, 2.24) is 19.9 Å². The number of anilines is 1. The third-order valence-electron chi connectivity index (χ3n) is 8.39. The smallest absolute Gasteiger partial charge is 0.420 e. The predicted molar refractivity (Wildman–Crippen MR) is 161 cm³/mol. The molecule has 0 bridgehead atoms. The number of fused-ring (bicyclic) bond motifs is 1. The molecule has 2 unspecified atom stereocenters. The number of carbonyl (C=O) groups is 1. The number of rotatable bonds is 8. The van der Waals surface area contributed by atoms with Crippen molar-refractivity contribution in [1.29, 1.82) is 0 Å². The molecule has 6 rings (SSSR count). The number of benzene rings is 2. The molecule has 8 nitrogen and oxygen atoms in total. The van der Waals surface area contributed by atoms with E-state index in [-0.39, 0.29) is 42.0 Å². The molecular weight excluding hydrogens is 569 g/mol. The number of nitrogens with zero attached hydrogens (tertiary/aromatic N) is 5. The van der Waals surface area contributed by atoms with Crippen LogP contribution in [0.3, 0.4) is 0 Å². The summed E-state index contributed by atoms with van der Waals surface area (Å²) in [4.78, 5) is 22.1. The van der Waals surface area contributed by atoms with E-state index in [1.54, 1.807) is 0 Å². The van der Waals surface area contributed by atoms with Crippen LogP contribution in [0.1, 0.15) is 48.1 Å². The number of amides is 1. The summed E-state index contributed by atoms with van der Waals surface area (Å²) in [5.74, 6) is -0.339. The van der Waals surface area contributed by atoms with E-state index in [0.717, 1.165) is 30.2 Å². The molecule has 3 aliphatic rings. The number of nitrogens with one attached hydrogen (secondary N) is 1. The number of allylic oxidation sites excluding steroid dienone is 2. The van der Waals surface area contributed by atoms with E-state index in [1.807, 2.05) is 90.0 Å². The summed E-state index contributed by atoms with van der Waals surface area (Å²) >= 11 is 0. The lowest BCUT2D eigenvalue weighted by Gasteiger charge is -2.36. The second-order valence-corrected chi connectivity index (χ2v) is 11.4. The summed E-state index contributed by atoms with van der Waals surface area (Å²) in [6.45, 7) is 0.700. The highest BCUT2D eigenvalue weighted by Crippen LogP contribution is 2.37. The SMILES string of the molecule is O=C(O)N(Cc1ccccc1)[C@H]1CCC[C@@H](Nc2ncc(C(F)(F)F)c(C3=NN(Cc4ccccc4)C4C=CC=CC34)n2)C1. The minimum absolute atomic E-state index is 0.0691. The molecule has 4 atom stereocenters. The number of alkyl halides is 3. The normalized spacial score (nSPS) is 22.8. The van der Waals surface area contributed by atoms with Crippen molar-refractivity contribution in [3.05, 3.63) is 114 Å². The second kappa shape index (κ2) is 12.5. The Morgan fingerprint density at radius 3 is 2.41 bits per heavy atom. The standard InChI is InChI=1S/C33H33F3N6O2/c34-33(35,36)27-19-37-31(38-24-14-9-15-25(18-24)41(32(43)44)20-22-10-3-1-4-11-22)39-30(27)29-26-16-7-8-17-28(26)42(40-29)21-23-12-5-2-6-13-23/h1-8,10-13,16-17,19,24-26,28H,9,14-15,18,20-21H2,(H,43,44)(H,37,38,39)/t24-,25+,26?,28?/m1/s1. The number of halogens is 3. The van der Waals surface area contributed by atoms with Crippen LogP contribution >= 0.6 is 0 Å². The van der Waals surface area contributed by atoms with Crippen LogP contribution in [0, 0.1) is 5.92 Å². The van der Waals surface area contributed by atoms with E-state index in [4.69, 9.17) is 5.10 Å². The fourth-order valence-electron chi connectivity index (χ4n) is 6.27. The summed E-state index contributed by atoms with van der Waals surface area (Å²) in [5, 5.41) is 19.7. The minimum Gasteiger partial charge on any atom is -0.465 e. The van der Waals surface area contributed by atoms with E-state index < -0.39 is 23.8 Å². The largest absolute Gasteiger partial charge is 0.465 e. The van der Waals surface area contributed by atoms with Crippen LogP contribution in [0.4, 0.5) is 23.9 Å². The molecule has 2 aromatic carbocycles. The Morgan fingerprint density at radius 2 is 1.70 bits per heavy atom. The molecule has 0 saturated heterocycles. The molecule has 1 saturated carbocycles. The summed E-state index contributed by atoms with van der Waals surface area (Å²) in [5.41, 5.74) is 0.945. The van der Waals surface area contributed by atoms with Crippen LogP contribution in [0.15, 0.2) is 96.3 Å². The number of hydrazone groups is 1. The van der Waals surface area contributed by atoms with Crippen LogP contribution in [0.25, 0.3) is 0 Å². The van der Waals surface area contributed by atoms with Crippen LogP contribution < -0.4 is 5.32 Å². The molecule has 228 valence electrons. The van der Waals surface area contributed by atoms with Gasteiger partial charge in [0, 0.05) is 30.7 Å². The topological polar surface area (TPSA) is 94.0 Å². The van der Waals surface area contributed by atoms with Crippen molar-refractivity contribution in [3.63, 3.8) is 0 Å². The first-order valence-electron chi connectivity index (χ1n) is 14.7. The number of carboxylic acid groups (broad SMARTS) is 1. The van der Waals surface area contributed by atoms with Crippen LogP contribution in [-0.4, -0.2) is 54.9 Å². The Hall–Kier alpha value is -4.67. The van der Waals surface area contributed by atoms with Gasteiger partial charge in [-0.05, 0) is 36.8 Å². The first-order valence-corrected chi connectivity index (χ1v) is 14.7. The Bertz CT molecular complexity index is 1560. The summed E-state index contributed by atoms with van der Waals surface area (Å²) in [6.07, 6.45) is 5.33. The van der Waals surface area contributed by atoms with Crippen molar-refractivity contribution in [3.8, 4) is 0 Å². The molecule has 1 aromatic heterocycles. The lowest BCUT2D eigenvalue weighted by atomic mass is 9.88. The fraction of sp³-hybridized carbons (Fsp3) is 0.333. The van der Waals surface area contributed by atoms with Gasteiger partial charge in [0.2, 0.25) is 5.95 Å². The lowest BCUT2D eigenvalue weighted by Crippen LogP contribution is -2.44. The van der Waals surface area contributed by atoms with Crippen molar-refractivity contribution >= 4 is 17.8 Å². The minimum atomic E-state index is -4.68. The van der Waals surface area contributed by atoms with Crippen molar-refractivity contribution in [2.45, 2.75) is 63.1 Å². The molecule has 2 heterocycles. The Balaban J connectivity index is 1.26. The lowest BCUT2D eigenvalue weighted by molar-refractivity contribution is -0.138. The molecule has 1 aliphatic heterocycles. The van der Waals surface area contributed by atoms with Gasteiger partial charge in [0.1, 0.15) is 11.3 Å². The Labute approximate surface area is 253 Å². The maximum Gasteiger partial charge on any atom is 0.420 e. The molecule has 2 N–H and O–H groups in total. The zero-order valence-corrected chi connectivity index (χ0v) is 23.9. The van der Waals surface area contributed by atoms with Crippen molar-refractivity contribution < 1.29 is 23.1 Å². The van der Waals surface area contributed by atoms with Crippen LogP contribution in [0.5, 0.6) is 0 Å². The van der Waals surface area contributed by atoms with Gasteiger partial charge in [0.15, 0.2) is 0 Å². The first kappa shape index (κ1) is 29.4. The van der Waals surface area contributed by atoms with Gasteiger partial charge in [-0.3, -0.25) is 5.01 Å². The average Bonchev–Trinajstić information content (AvgIpc) is 3.38. The molecule has 0 radical (unpaired) electrons. The van der Waals surface area contributed by atoms with Gasteiger partial charge >= 0.3 is 12.3 Å². The van der Waals surface area contributed by atoms with Gasteiger partial charge in [-0.15, -0.1) is 0 Å². The fourth-order valence-corrected chi connectivity index (χ4v) is 6.27. The van der Waals surface area contributed by atoms with E-state index in [0.29, 0.717) is 19.4 Å². The molecule has 44 heavy (non-hydrogen) atoms. The van der Waals surface area contributed by atoms with E-state index in [2.05, 4.69) is 15.3 Å². The highest BCUT2D eigenvalue weighted by molar-refractivity contribution is 6.04. The highest BCUT2D eigenvalue weighted by Gasteiger charge is 2.43. The van der Waals surface area contributed by atoms with Crippen LogP contribution in [-0.2, 0) is 19.3 Å². The maximum atomic E-state index is 14.3. The van der Waals surface area contributed by atoms with Gasteiger partial charge in [0.05, 0.1) is 18.3 Å². The van der Waals surface area contributed by atoms with Gasteiger partial charge in [0.25, 0.3) is 0 Å². The van der Waals surface area contributed by atoms with E-state index in [9.17, 15) is 23.1 Å². The van der Waals surface area contributed by atoms with E-state index in [1.165, 1.54) is 4.90 Å². The summed E-state index contributed by atoms with van der Waals surface area (Å²) in [6, 6.07) is 18.4. The number of aromatic nitrogens is 2. The third-order valence-corrected chi connectivity index (χ3v) is 8.39. The van der Waals surface area contributed by atoms with Gasteiger partial charge in [-0.1, -0.05) is 85.0 Å². The maximum absolute atomic E-state index is 14.3. The predicted octanol–water partition coefficient (Wildman–Crippen LogP) is 6.73. The molecule has 0 spiro atoms. The molecule has 1 amide bonds. The third kappa shape index (κ3) is 6.46. The second-order valence-electron chi connectivity index (χ2n) is 11.4. The summed E-state index contributed by atoms with van der Waals surface area (Å²) in [7, 11) is 0. The van der Waals surface area contributed by atoms with Gasteiger partial charge in [-0.25, -0.2) is 14.8 Å². The zero-order chi connectivity index (χ0) is 30.7. The van der Waals surface area contributed by atoms with Crippen molar-refractivity contribution in [2.24, 2.45) is 11.0 Å². The highest BCUT2D eigenvalue weighted by atomic mass is 19.4. The molecule has 3 aromatic rings. The monoisotopic (exact) mass is 602 g/mol. The number of hydrogen-bond donors (Lipinski definition) is 2. The number of hydrogen-bond acceptors (Lipinski definition) is 6. The first-order chi connectivity index (χ1) is 21.3. The van der Waals surface area contributed by atoms with Gasteiger partial charge < -0.3 is 15.3 Å². The van der Waals surface area contributed by atoms with Crippen molar-refractivity contribution in [2.75, 3.05) is 5.32 Å². The Morgan fingerprint density at radius 1 is 1.00 bits per heavy atom. The van der Waals surface area contributed by atoms with Crippen LogP contribution in [0.2, 0.25) is 0 Å². The van der Waals surface area contributed by atoms with E-state index >= 15 is 0 Å². The Kier molecular flexibility index (Phi) is 8.36. The molecule has 2 aliphatic carbocycles. The zero-order valence-electron chi connectivity index (χ0n) is 23.9. The summed E-state index contributed by atoms with van der Waals surface area (Å²) < 4.78 is 42.9. The van der Waals surface area contributed by atoms with Gasteiger partial charge in [-0.2, -0.15) is 18.3 Å². The average molecular weight is 603 g/mol. The quantitative estimate of drug-likeness (QED) is 0.297. The molecule has 11 heteroatoms.